The van der Waals surface area contributed by atoms with Gasteiger partial charge in [0.05, 0.1) is 0 Å². The molecule has 0 fully saturated rings. The molecule has 150 valence electrons. The number of guanidine groups is 1. The van der Waals surface area contributed by atoms with E-state index in [0.717, 1.165) is 30.9 Å². The lowest BCUT2D eigenvalue weighted by atomic mass is 10.1. The van der Waals surface area contributed by atoms with Crippen LogP contribution in [0.4, 0.5) is 0 Å². The molecule has 2 N–H and O–H groups in total. The lowest BCUT2D eigenvalue weighted by molar-refractivity contribution is -0.130. The van der Waals surface area contributed by atoms with E-state index in [0.29, 0.717) is 12.3 Å². The number of likely N-dealkylation sites (N-methyl/N-ethyl adjacent to an activating group) is 1. The smallest absolute Gasteiger partial charge is 0.259 e. The summed E-state index contributed by atoms with van der Waals surface area (Å²) in [6.07, 6.45) is 2.07. The molecule has 2 aromatic rings. The highest BCUT2D eigenvalue weighted by Gasteiger charge is 2.05. The van der Waals surface area contributed by atoms with Gasteiger partial charge in [0.2, 0.25) is 0 Å². The molecule has 0 spiro atoms. The SMILES string of the molecule is CN=C(NCCCc1ccccc1)NCc1cccc(OCC(=O)N(C)C)c1. The van der Waals surface area contributed by atoms with E-state index in [9.17, 15) is 4.79 Å². The standard InChI is InChI=1S/C22H30N4O2/c1-23-22(24-14-8-12-18-9-5-4-6-10-18)25-16-19-11-7-13-20(15-19)28-17-21(27)26(2)3/h4-7,9-11,13,15H,8,12,14,16-17H2,1-3H3,(H2,23,24,25). The summed E-state index contributed by atoms with van der Waals surface area (Å²) in [6.45, 7) is 1.51. The van der Waals surface area contributed by atoms with E-state index in [1.807, 2.05) is 30.3 Å². The van der Waals surface area contributed by atoms with Crippen molar-refractivity contribution >= 4 is 11.9 Å². The van der Waals surface area contributed by atoms with Crippen LogP contribution in [-0.4, -0.2) is 51.1 Å². The Kier molecular flexibility index (Phi) is 8.85. The topological polar surface area (TPSA) is 66.0 Å². The average Bonchev–Trinajstić information content (AvgIpc) is 2.72. The fourth-order valence-corrected chi connectivity index (χ4v) is 2.57. The predicted molar refractivity (Wildman–Crippen MR) is 114 cm³/mol. The van der Waals surface area contributed by atoms with Gasteiger partial charge >= 0.3 is 0 Å². The minimum atomic E-state index is -0.0661. The third-order valence-electron chi connectivity index (χ3n) is 4.22. The second-order valence-corrected chi connectivity index (χ2v) is 6.67. The largest absolute Gasteiger partial charge is 0.484 e. The molecule has 0 bridgehead atoms. The fourth-order valence-electron chi connectivity index (χ4n) is 2.57. The van der Waals surface area contributed by atoms with Crippen LogP contribution in [0.25, 0.3) is 0 Å². The number of nitrogens with one attached hydrogen (secondary N) is 2. The number of nitrogens with zero attached hydrogens (tertiary/aromatic N) is 2. The van der Waals surface area contributed by atoms with Crippen molar-refractivity contribution in [3.05, 3.63) is 65.7 Å². The Hall–Kier alpha value is -3.02. The minimum Gasteiger partial charge on any atom is -0.484 e. The fraction of sp³-hybridized carbons (Fsp3) is 0.364. The first-order valence-electron chi connectivity index (χ1n) is 9.49. The zero-order valence-electron chi connectivity index (χ0n) is 16.9. The van der Waals surface area contributed by atoms with Gasteiger partial charge in [0, 0.05) is 34.2 Å². The van der Waals surface area contributed by atoms with Gasteiger partial charge in [-0.2, -0.15) is 0 Å². The number of benzene rings is 2. The molecule has 2 rings (SSSR count). The van der Waals surface area contributed by atoms with E-state index in [2.05, 4.69) is 39.9 Å². The average molecular weight is 383 g/mol. The third-order valence-corrected chi connectivity index (χ3v) is 4.22. The Morgan fingerprint density at radius 3 is 2.50 bits per heavy atom. The number of amides is 1. The Morgan fingerprint density at radius 2 is 1.79 bits per heavy atom. The molecule has 2 aromatic carbocycles. The van der Waals surface area contributed by atoms with E-state index < -0.39 is 0 Å². The summed E-state index contributed by atoms with van der Waals surface area (Å²) in [5.74, 6) is 1.38. The summed E-state index contributed by atoms with van der Waals surface area (Å²) in [7, 11) is 5.19. The maximum absolute atomic E-state index is 11.6. The predicted octanol–water partition coefficient (Wildman–Crippen LogP) is 2.45. The highest BCUT2D eigenvalue weighted by atomic mass is 16.5. The first kappa shape index (κ1) is 21.3. The highest BCUT2D eigenvalue weighted by Crippen LogP contribution is 2.13. The number of hydrogen-bond donors (Lipinski definition) is 2. The number of hydrogen-bond acceptors (Lipinski definition) is 3. The molecule has 0 aliphatic rings. The van der Waals surface area contributed by atoms with Crippen LogP contribution in [0.15, 0.2) is 59.6 Å². The first-order chi connectivity index (χ1) is 13.6. The molecular formula is C22H30N4O2. The van der Waals surface area contributed by atoms with Crippen LogP contribution >= 0.6 is 0 Å². The van der Waals surface area contributed by atoms with Gasteiger partial charge < -0.3 is 20.3 Å². The van der Waals surface area contributed by atoms with E-state index >= 15 is 0 Å². The molecule has 6 heteroatoms. The van der Waals surface area contributed by atoms with Gasteiger partial charge in [-0.3, -0.25) is 9.79 Å². The van der Waals surface area contributed by atoms with Crippen molar-refractivity contribution in [3.63, 3.8) is 0 Å². The normalized spacial score (nSPS) is 11.0. The monoisotopic (exact) mass is 382 g/mol. The maximum Gasteiger partial charge on any atom is 0.259 e. The molecule has 0 unspecified atom stereocenters. The summed E-state index contributed by atoms with van der Waals surface area (Å²) in [4.78, 5) is 17.4. The summed E-state index contributed by atoms with van der Waals surface area (Å²) >= 11 is 0. The van der Waals surface area contributed by atoms with Crippen molar-refractivity contribution in [2.24, 2.45) is 4.99 Å². The second-order valence-electron chi connectivity index (χ2n) is 6.67. The van der Waals surface area contributed by atoms with E-state index in [-0.39, 0.29) is 12.5 Å². The van der Waals surface area contributed by atoms with Gasteiger partial charge in [-0.25, -0.2) is 0 Å². The molecule has 0 saturated heterocycles. The van der Waals surface area contributed by atoms with E-state index in [4.69, 9.17) is 4.74 Å². The molecule has 0 heterocycles. The molecule has 1 amide bonds. The lowest BCUT2D eigenvalue weighted by Gasteiger charge is -2.14. The van der Waals surface area contributed by atoms with Crippen LogP contribution < -0.4 is 15.4 Å². The lowest BCUT2D eigenvalue weighted by Crippen LogP contribution is -2.37. The summed E-state index contributed by atoms with van der Waals surface area (Å²) in [5, 5.41) is 6.64. The molecule has 0 atom stereocenters. The van der Waals surface area contributed by atoms with Crippen molar-refractivity contribution in [1.82, 2.24) is 15.5 Å². The quantitative estimate of drug-likeness (QED) is 0.397. The van der Waals surface area contributed by atoms with Crippen LogP contribution in [0.3, 0.4) is 0 Å². The number of carbonyl (C=O) groups is 1. The molecule has 0 aliphatic heterocycles. The minimum absolute atomic E-state index is 0.0362. The molecule has 28 heavy (non-hydrogen) atoms. The molecule has 0 aromatic heterocycles. The number of aryl methyl sites for hydroxylation is 1. The van der Waals surface area contributed by atoms with E-state index in [1.165, 1.54) is 10.5 Å². The van der Waals surface area contributed by atoms with Crippen LogP contribution in [-0.2, 0) is 17.8 Å². The van der Waals surface area contributed by atoms with Gasteiger partial charge in [-0.15, -0.1) is 0 Å². The molecule has 0 radical (unpaired) electrons. The maximum atomic E-state index is 11.6. The van der Waals surface area contributed by atoms with Crippen LogP contribution in [0.1, 0.15) is 17.5 Å². The number of carbonyl (C=O) groups excluding carboxylic acids is 1. The van der Waals surface area contributed by atoms with Crippen molar-refractivity contribution in [2.75, 3.05) is 34.3 Å². The number of rotatable bonds is 9. The summed E-state index contributed by atoms with van der Waals surface area (Å²) in [5.41, 5.74) is 2.40. The van der Waals surface area contributed by atoms with Crippen molar-refractivity contribution < 1.29 is 9.53 Å². The molecule has 0 aliphatic carbocycles. The van der Waals surface area contributed by atoms with Gasteiger partial charge in [0.15, 0.2) is 12.6 Å². The Balaban J connectivity index is 1.73. The summed E-state index contributed by atoms with van der Waals surface area (Å²) < 4.78 is 5.56. The molecule has 0 saturated carbocycles. The van der Waals surface area contributed by atoms with Crippen molar-refractivity contribution in [1.29, 1.82) is 0 Å². The second kappa shape index (κ2) is 11.6. The van der Waals surface area contributed by atoms with Gasteiger partial charge in [0.1, 0.15) is 5.75 Å². The Labute approximate surface area is 167 Å². The highest BCUT2D eigenvalue weighted by molar-refractivity contribution is 5.79. The van der Waals surface area contributed by atoms with Gasteiger partial charge in [-0.05, 0) is 36.1 Å². The number of aliphatic imine (C=N–C) groups is 1. The molecule has 6 nitrogen and oxygen atoms in total. The van der Waals surface area contributed by atoms with Gasteiger partial charge in [-0.1, -0.05) is 42.5 Å². The van der Waals surface area contributed by atoms with Crippen molar-refractivity contribution in [3.8, 4) is 5.75 Å². The molecular weight excluding hydrogens is 352 g/mol. The zero-order chi connectivity index (χ0) is 20.2. The van der Waals surface area contributed by atoms with Crippen LogP contribution in [0.2, 0.25) is 0 Å². The zero-order valence-corrected chi connectivity index (χ0v) is 16.9. The van der Waals surface area contributed by atoms with Gasteiger partial charge in [0.25, 0.3) is 5.91 Å². The Bertz CT molecular complexity index is 760. The van der Waals surface area contributed by atoms with Crippen molar-refractivity contribution in [2.45, 2.75) is 19.4 Å². The number of ether oxygens (including phenoxy) is 1. The van der Waals surface area contributed by atoms with Crippen LogP contribution in [0.5, 0.6) is 5.75 Å². The third kappa shape index (κ3) is 7.70. The van der Waals surface area contributed by atoms with E-state index in [1.54, 1.807) is 21.1 Å². The summed E-state index contributed by atoms with van der Waals surface area (Å²) in [6, 6.07) is 18.2. The van der Waals surface area contributed by atoms with Crippen LogP contribution in [0, 0.1) is 0 Å². The first-order valence-corrected chi connectivity index (χ1v) is 9.49. The Morgan fingerprint density at radius 1 is 1.04 bits per heavy atom.